The average molecular weight is 316 g/mol. The molecule has 0 unspecified atom stereocenters. The number of carboxylic acid groups (broad SMARTS) is 1. The van der Waals surface area contributed by atoms with Crippen LogP contribution in [-0.2, 0) is 6.54 Å². The lowest BCUT2D eigenvalue weighted by Crippen LogP contribution is -2.23. The second-order valence-corrected chi connectivity index (χ2v) is 4.89. The molecule has 0 aliphatic rings. The van der Waals surface area contributed by atoms with E-state index in [1.54, 1.807) is 26.4 Å². The summed E-state index contributed by atoms with van der Waals surface area (Å²) < 4.78 is 10.5. The number of hydrogen-bond donors (Lipinski definition) is 1. The summed E-state index contributed by atoms with van der Waals surface area (Å²) in [4.78, 5) is 17.2. The molecular weight excluding hydrogens is 296 g/mol. The second kappa shape index (κ2) is 7.49. The van der Waals surface area contributed by atoms with E-state index in [0.717, 1.165) is 5.56 Å². The van der Waals surface area contributed by atoms with Crippen LogP contribution in [0.3, 0.4) is 0 Å². The summed E-state index contributed by atoms with van der Waals surface area (Å²) in [6.45, 7) is 3.28. The standard InChI is InChI=1S/C17H20N2O4/c1-4-19(16-7-5-6-13(18-16)17(20)21)11-12-8-9-14(22-2)15(10-12)23-3/h5-10H,4,11H2,1-3H3,(H,20,21). The van der Waals surface area contributed by atoms with E-state index in [0.29, 0.717) is 30.4 Å². The van der Waals surface area contributed by atoms with Crippen molar-refractivity contribution in [2.45, 2.75) is 13.5 Å². The quantitative estimate of drug-likeness (QED) is 0.847. The number of benzene rings is 1. The SMILES string of the molecule is CCN(Cc1ccc(OC)c(OC)c1)c1cccc(C(=O)O)n1. The van der Waals surface area contributed by atoms with Crippen LogP contribution in [0.2, 0.25) is 0 Å². The lowest BCUT2D eigenvalue weighted by atomic mass is 10.2. The highest BCUT2D eigenvalue weighted by Crippen LogP contribution is 2.28. The number of aromatic nitrogens is 1. The average Bonchev–Trinajstić information content (AvgIpc) is 2.59. The predicted molar refractivity (Wildman–Crippen MR) is 87.5 cm³/mol. The lowest BCUT2D eigenvalue weighted by molar-refractivity contribution is 0.0690. The summed E-state index contributed by atoms with van der Waals surface area (Å²) in [5, 5.41) is 9.07. The highest BCUT2D eigenvalue weighted by Gasteiger charge is 2.12. The smallest absolute Gasteiger partial charge is 0.354 e. The fourth-order valence-corrected chi connectivity index (χ4v) is 2.27. The number of carboxylic acids is 1. The Morgan fingerprint density at radius 2 is 1.91 bits per heavy atom. The molecular formula is C17H20N2O4. The van der Waals surface area contributed by atoms with E-state index in [4.69, 9.17) is 14.6 Å². The van der Waals surface area contributed by atoms with E-state index < -0.39 is 5.97 Å². The molecule has 0 atom stereocenters. The minimum Gasteiger partial charge on any atom is -0.493 e. The molecule has 122 valence electrons. The number of rotatable bonds is 7. The number of hydrogen-bond acceptors (Lipinski definition) is 5. The van der Waals surface area contributed by atoms with Crippen LogP contribution < -0.4 is 14.4 Å². The van der Waals surface area contributed by atoms with Gasteiger partial charge in [0.1, 0.15) is 5.82 Å². The molecule has 0 saturated carbocycles. The normalized spacial score (nSPS) is 10.2. The molecule has 1 heterocycles. The van der Waals surface area contributed by atoms with Gasteiger partial charge in [0.15, 0.2) is 17.2 Å². The summed E-state index contributed by atoms with van der Waals surface area (Å²) >= 11 is 0. The van der Waals surface area contributed by atoms with Crippen molar-refractivity contribution in [2.24, 2.45) is 0 Å². The van der Waals surface area contributed by atoms with Gasteiger partial charge in [-0.25, -0.2) is 9.78 Å². The van der Waals surface area contributed by atoms with Crippen LogP contribution in [0.4, 0.5) is 5.82 Å². The van der Waals surface area contributed by atoms with Gasteiger partial charge in [-0.15, -0.1) is 0 Å². The predicted octanol–water partition coefficient (Wildman–Crippen LogP) is 2.82. The van der Waals surface area contributed by atoms with Gasteiger partial charge < -0.3 is 19.5 Å². The topological polar surface area (TPSA) is 71.9 Å². The Balaban J connectivity index is 2.26. The van der Waals surface area contributed by atoms with Crippen molar-refractivity contribution in [1.29, 1.82) is 0 Å². The maximum atomic E-state index is 11.1. The van der Waals surface area contributed by atoms with Crippen LogP contribution in [0, 0.1) is 0 Å². The van der Waals surface area contributed by atoms with Crippen LogP contribution in [-0.4, -0.2) is 36.8 Å². The van der Waals surface area contributed by atoms with Gasteiger partial charge in [0.25, 0.3) is 0 Å². The van der Waals surface area contributed by atoms with Gasteiger partial charge in [0.2, 0.25) is 0 Å². The van der Waals surface area contributed by atoms with E-state index >= 15 is 0 Å². The Bertz CT molecular complexity index is 688. The molecule has 0 radical (unpaired) electrons. The molecule has 0 fully saturated rings. The van der Waals surface area contributed by atoms with E-state index in [-0.39, 0.29) is 5.69 Å². The van der Waals surface area contributed by atoms with Gasteiger partial charge in [-0.2, -0.15) is 0 Å². The Morgan fingerprint density at radius 1 is 1.17 bits per heavy atom. The first-order chi connectivity index (χ1) is 11.1. The van der Waals surface area contributed by atoms with Gasteiger partial charge in [-0.05, 0) is 36.8 Å². The molecule has 0 spiro atoms. The Morgan fingerprint density at radius 3 is 2.52 bits per heavy atom. The van der Waals surface area contributed by atoms with Crippen LogP contribution >= 0.6 is 0 Å². The maximum Gasteiger partial charge on any atom is 0.354 e. The van der Waals surface area contributed by atoms with Crippen molar-refractivity contribution in [1.82, 2.24) is 4.98 Å². The van der Waals surface area contributed by atoms with Crippen LogP contribution in [0.25, 0.3) is 0 Å². The van der Waals surface area contributed by atoms with E-state index in [1.165, 1.54) is 6.07 Å². The maximum absolute atomic E-state index is 11.1. The molecule has 0 saturated heterocycles. The number of carbonyl (C=O) groups is 1. The molecule has 23 heavy (non-hydrogen) atoms. The van der Waals surface area contributed by atoms with Crippen LogP contribution in [0.5, 0.6) is 11.5 Å². The van der Waals surface area contributed by atoms with Gasteiger partial charge in [0, 0.05) is 13.1 Å². The minimum atomic E-state index is -1.03. The van der Waals surface area contributed by atoms with E-state index in [1.807, 2.05) is 30.0 Å². The number of methoxy groups -OCH3 is 2. The van der Waals surface area contributed by atoms with Crippen molar-refractivity contribution in [2.75, 3.05) is 25.7 Å². The number of aromatic carboxylic acids is 1. The summed E-state index contributed by atoms with van der Waals surface area (Å²) in [6, 6.07) is 10.7. The molecule has 6 heteroatoms. The van der Waals surface area contributed by atoms with Gasteiger partial charge in [-0.3, -0.25) is 0 Å². The monoisotopic (exact) mass is 316 g/mol. The number of ether oxygens (including phenoxy) is 2. The molecule has 1 N–H and O–H groups in total. The van der Waals surface area contributed by atoms with Crippen molar-refractivity contribution in [3.05, 3.63) is 47.7 Å². The lowest BCUT2D eigenvalue weighted by Gasteiger charge is -2.22. The van der Waals surface area contributed by atoms with E-state index in [9.17, 15) is 4.79 Å². The zero-order valence-corrected chi connectivity index (χ0v) is 13.4. The first-order valence-electron chi connectivity index (χ1n) is 7.25. The second-order valence-electron chi connectivity index (χ2n) is 4.89. The van der Waals surface area contributed by atoms with Crippen molar-refractivity contribution in [3.8, 4) is 11.5 Å². The molecule has 0 bridgehead atoms. The third-order valence-electron chi connectivity index (χ3n) is 3.48. The molecule has 6 nitrogen and oxygen atoms in total. The highest BCUT2D eigenvalue weighted by molar-refractivity contribution is 5.85. The first kappa shape index (κ1) is 16.6. The van der Waals surface area contributed by atoms with Gasteiger partial charge >= 0.3 is 5.97 Å². The molecule has 0 aliphatic carbocycles. The van der Waals surface area contributed by atoms with Gasteiger partial charge in [-0.1, -0.05) is 12.1 Å². The summed E-state index contributed by atoms with van der Waals surface area (Å²) in [7, 11) is 3.19. The van der Waals surface area contributed by atoms with Crippen LogP contribution in [0.1, 0.15) is 23.0 Å². The Kier molecular flexibility index (Phi) is 5.41. The summed E-state index contributed by atoms with van der Waals surface area (Å²) in [5.74, 6) is 0.926. The van der Waals surface area contributed by atoms with Crippen molar-refractivity contribution < 1.29 is 19.4 Å². The van der Waals surface area contributed by atoms with Crippen molar-refractivity contribution in [3.63, 3.8) is 0 Å². The largest absolute Gasteiger partial charge is 0.493 e. The molecule has 0 amide bonds. The number of nitrogens with zero attached hydrogens (tertiary/aromatic N) is 2. The first-order valence-corrected chi connectivity index (χ1v) is 7.25. The van der Waals surface area contributed by atoms with E-state index in [2.05, 4.69) is 4.98 Å². The number of pyridine rings is 1. The summed E-state index contributed by atoms with van der Waals surface area (Å²) in [6.07, 6.45) is 0. The summed E-state index contributed by atoms with van der Waals surface area (Å²) in [5.41, 5.74) is 1.06. The minimum absolute atomic E-state index is 0.0354. The highest BCUT2D eigenvalue weighted by atomic mass is 16.5. The molecule has 2 aromatic rings. The fourth-order valence-electron chi connectivity index (χ4n) is 2.27. The third-order valence-corrected chi connectivity index (χ3v) is 3.48. The fraction of sp³-hybridized carbons (Fsp3) is 0.294. The van der Waals surface area contributed by atoms with Crippen molar-refractivity contribution >= 4 is 11.8 Å². The molecule has 1 aromatic heterocycles. The Labute approximate surface area is 135 Å². The zero-order valence-electron chi connectivity index (χ0n) is 13.4. The zero-order chi connectivity index (χ0) is 16.8. The number of anilines is 1. The molecule has 2 rings (SSSR count). The third kappa shape index (κ3) is 3.91. The molecule has 0 aliphatic heterocycles. The van der Waals surface area contributed by atoms with Gasteiger partial charge in [0.05, 0.1) is 14.2 Å². The Hall–Kier alpha value is -2.76. The molecule has 1 aromatic carbocycles. The van der Waals surface area contributed by atoms with Crippen LogP contribution in [0.15, 0.2) is 36.4 Å².